The lowest BCUT2D eigenvalue weighted by atomic mass is 10.0. The fraction of sp³-hybridized carbons (Fsp3) is 0.725. The summed E-state index contributed by atoms with van der Waals surface area (Å²) in [5.74, 6) is -11.7. The minimum Gasteiger partial charge on any atom is -0.481 e. The molecule has 368 valence electrons. The molecule has 0 aliphatic carbocycles. The van der Waals surface area contributed by atoms with Gasteiger partial charge in [-0.15, -0.1) is 0 Å². The van der Waals surface area contributed by atoms with Crippen LogP contribution < -0.4 is 48.7 Å². The van der Waals surface area contributed by atoms with E-state index in [1.54, 1.807) is 27.7 Å². The first kappa shape index (κ1) is 57.5. The van der Waals surface area contributed by atoms with Crippen molar-refractivity contribution in [3.8, 4) is 0 Å². The van der Waals surface area contributed by atoms with Crippen LogP contribution in [0.15, 0.2) is 0 Å². The van der Waals surface area contributed by atoms with E-state index >= 15 is 0 Å². The van der Waals surface area contributed by atoms with E-state index in [1.165, 1.54) is 18.7 Å². The Balaban J connectivity index is 3.19. The van der Waals surface area contributed by atoms with Crippen LogP contribution in [-0.2, 0) is 52.7 Å². The number of hydrogen-bond donors (Lipinski definition) is 13. The van der Waals surface area contributed by atoms with Crippen LogP contribution in [0.2, 0.25) is 0 Å². The quantitative estimate of drug-likeness (QED) is 0.0320. The molecule has 1 fully saturated rings. The lowest BCUT2D eigenvalue weighted by molar-refractivity contribution is -0.143. The number of aliphatic hydroxyl groups excluding tert-OH is 1. The van der Waals surface area contributed by atoms with Crippen molar-refractivity contribution >= 4 is 77.7 Å². The van der Waals surface area contributed by atoms with Gasteiger partial charge in [-0.2, -0.15) is 12.6 Å². The Bertz CT molecular complexity index is 1720. The second-order valence-electron chi connectivity index (χ2n) is 16.9. The number of amides is 9. The molecule has 1 aliphatic heterocycles. The molecule has 0 radical (unpaired) electrons. The molecule has 0 saturated carbocycles. The zero-order valence-corrected chi connectivity index (χ0v) is 38.6. The van der Waals surface area contributed by atoms with Crippen LogP contribution in [0.1, 0.15) is 92.9 Å². The number of aliphatic carboxylic acids is 2. The fourth-order valence-corrected chi connectivity index (χ4v) is 7.00. The van der Waals surface area contributed by atoms with Crippen LogP contribution in [0.3, 0.4) is 0 Å². The fourth-order valence-electron chi connectivity index (χ4n) is 6.74. The van der Waals surface area contributed by atoms with Gasteiger partial charge in [0.05, 0.1) is 13.2 Å². The third-order valence-electron chi connectivity index (χ3n) is 10.2. The third kappa shape index (κ3) is 20.0. The number of nitrogens with one attached hydrogen (secondary N) is 7. The van der Waals surface area contributed by atoms with E-state index in [-0.39, 0.29) is 69.2 Å². The highest BCUT2D eigenvalue weighted by molar-refractivity contribution is 7.80. The van der Waals surface area contributed by atoms with Gasteiger partial charge in [0.2, 0.25) is 53.2 Å². The SMILES string of the molecule is CC(C)C[C@H](NC(=O)[C@H](CCC(N)=O)NC(=O)[C@@H](NC(=O)[C@H](CO)NC(=O)[C@H](CS)NC(=O)[C@H](CC(C)C)NC(=O)[C@H](CCC(=O)O)NC(=O)[C@@H]1CCCN1C(=O)CN)C(C)C)C(=O)O. The number of carbonyl (C=O) groups is 11. The lowest BCUT2D eigenvalue weighted by Gasteiger charge is -2.29. The molecular weight excluding hydrogens is 877 g/mol. The number of likely N-dealkylation sites (tertiary alicyclic amines) is 1. The molecule has 0 aromatic heterocycles. The van der Waals surface area contributed by atoms with Crippen molar-refractivity contribution in [2.45, 2.75) is 141 Å². The van der Waals surface area contributed by atoms with Crippen molar-refractivity contribution in [1.29, 1.82) is 0 Å². The Hall–Kier alpha value is -5.56. The van der Waals surface area contributed by atoms with E-state index < -0.39 is 132 Å². The molecule has 1 saturated heterocycles. The van der Waals surface area contributed by atoms with Gasteiger partial charge >= 0.3 is 11.9 Å². The van der Waals surface area contributed by atoms with E-state index in [0.29, 0.717) is 6.42 Å². The van der Waals surface area contributed by atoms with Crippen molar-refractivity contribution in [3.05, 3.63) is 0 Å². The Morgan fingerprint density at radius 2 is 1.09 bits per heavy atom. The van der Waals surface area contributed by atoms with Crippen LogP contribution in [0.4, 0.5) is 0 Å². The van der Waals surface area contributed by atoms with E-state index in [9.17, 15) is 68.1 Å². The first-order valence-electron chi connectivity index (χ1n) is 21.4. The van der Waals surface area contributed by atoms with Crippen molar-refractivity contribution in [1.82, 2.24) is 42.1 Å². The summed E-state index contributed by atoms with van der Waals surface area (Å²) in [7, 11) is 0. The second kappa shape index (κ2) is 28.4. The molecule has 0 aromatic carbocycles. The maximum atomic E-state index is 13.7. The number of carbonyl (C=O) groups excluding carboxylic acids is 9. The Labute approximate surface area is 383 Å². The summed E-state index contributed by atoms with van der Waals surface area (Å²) in [5, 5.41) is 46.0. The monoisotopic (exact) mass is 944 g/mol. The lowest BCUT2D eigenvalue weighted by Crippen LogP contribution is -2.61. The molecule has 8 atom stereocenters. The van der Waals surface area contributed by atoms with E-state index in [0.717, 1.165) is 0 Å². The van der Waals surface area contributed by atoms with Gasteiger partial charge in [-0.25, -0.2) is 4.79 Å². The standard InChI is InChI=1S/C40H68N10O14S/c1-19(2)14-24(45-33(56)23(10-12-31(54)55)43-38(61)28-8-7-13-50(28)30(53)16-41)35(58)48-27(18-65)37(60)47-26(17-51)36(59)49-32(21(5)6)39(62)44-22(9-11-29(42)52)34(57)46-25(40(63)64)15-20(3)4/h19-28,32,51,65H,7-18,41H2,1-6H3,(H2,42,52)(H,43,61)(H,44,62)(H,45,56)(H,46,57)(H,47,60)(H,48,58)(H,49,59)(H,54,55)(H,63,64)/t22-,23-,24-,25-,26-,27-,28-,32-/m0/s1. The van der Waals surface area contributed by atoms with E-state index in [4.69, 9.17) is 11.5 Å². The molecule has 1 rings (SSSR count). The molecule has 0 unspecified atom stereocenters. The van der Waals surface area contributed by atoms with Gasteiger partial charge in [0, 0.05) is 25.1 Å². The second-order valence-corrected chi connectivity index (χ2v) is 17.3. The third-order valence-corrected chi connectivity index (χ3v) is 10.5. The molecular formula is C40H68N10O14S. The number of carboxylic acid groups (broad SMARTS) is 2. The molecule has 1 aliphatic rings. The molecule has 9 amide bonds. The van der Waals surface area contributed by atoms with Gasteiger partial charge in [0.25, 0.3) is 0 Å². The average molecular weight is 945 g/mol. The van der Waals surface area contributed by atoms with Crippen LogP contribution in [0.25, 0.3) is 0 Å². The zero-order valence-electron chi connectivity index (χ0n) is 37.7. The van der Waals surface area contributed by atoms with Crippen molar-refractivity contribution < 1.29 is 68.1 Å². The molecule has 0 aromatic rings. The van der Waals surface area contributed by atoms with Gasteiger partial charge < -0.3 is 68.9 Å². The van der Waals surface area contributed by atoms with Crippen molar-refractivity contribution in [3.63, 3.8) is 0 Å². The topological polar surface area (TPSA) is 388 Å². The predicted molar refractivity (Wildman–Crippen MR) is 235 cm³/mol. The van der Waals surface area contributed by atoms with Crippen molar-refractivity contribution in [2.24, 2.45) is 29.2 Å². The summed E-state index contributed by atoms with van der Waals surface area (Å²) in [6.07, 6.45) is -0.759. The number of primary amides is 1. The van der Waals surface area contributed by atoms with Gasteiger partial charge in [-0.05, 0) is 56.3 Å². The molecule has 24 nitrogen and oxygen atoms in total. The van der Waals surface area contributed by atoms with Gasteiger partial charge in [0.1, 0.15) is 48.3 Å². The first-order chi connectivity index (χ1) is 30.4. The normalized spacial score (nSPS) is 16.8. The molecule has 0 spiro atoms. The highest BCUT2D eigenvalue weighted by Gasteiger charge is 2.38. The minimum absolute atomic E-state index is 0.00292. The Morgan fingerprint density at radius 3 is 1.58 bits per heavy atom. The predicted octanol–water partition coefficient (Wildman–Crippen LogP) is -3.79. The van der Waals surface area contributed by atoms with Crippen LogP contribution in [0, 0.1) is 17.8 Å². The summed E-state index contributed by atoms with van der Waals surface area (Å²) in [6, 6.07) is -11.1. The van der Waals surface area contributed by atoms with Crippen LogP contribution in [-0.4, -0.2) is 159 Å². The summed E-state index contributed by atoms with van der Waals surface area (Å²) in [4.78, 5) is 143. The highest BCUT2D eigenvalue weighted by atomic mass is 32.1. The largest absolute Gasteiger partial charge is 0.481 e. The van der Waals surface area contributed by atoms with Gasteiger partial charge in [-0.3, -0.25) is 47.9 Å². The number of aliphatic hydroxyl groups is 1. The van der Waals surface area contributed by atoms with E-state index in [1.807, 2.05) is 0 Å². The first-order valence-corrected chi connectivity index (χ1v) is 22.1. The maximum absolute atomic E-state index is 13.7. The molecule has 14 N–H and O–H groups in total. The van der Waals surface area contributed by atoms with Gasteiger partial charge in [-0.1, -0.05) is 41.5 Å². The molecule has 1 heterocycles. The maximum Gasteiger partial charge on any atom is 0.326 e. The molecule has 65 heavy (non-hydrogen) atoms. The smallest absolute Gasteiger partial charge is 0.326 e. The number of nitrogens with zero attached hydrogens (tertiary/aromatic N) is 1. The number of thiol groups is 1. The summed E-state index contributed by atoms with van der Waals surface area (Å²) >= 11 is 4.15. The molecule has 25 heteroatoms. The Kier molecular flexibility index (Phi) is 25.1. The number of nitrogens with two attached hydrogens (primary N) is 2. The summed E-state index contributed by atoms with van der Waals surface area (Å²) < 4.78 is 0. The number of rotatable bonds is 29. The summed E-state index contributed by atoms with van der Waals surface area (Å²) in [5.41, 5.74) is 10.7. The van der Waals surface area contributed by atoms with Gasteiger partial charge in [0.15, 0.2) is 0 Å². The number of hydrogen-bond acceptors (Lipinski definition) is 14. The van der Waals surface area contributed by atoms with Crippen molar-refractivity contribution in [2.75, 3.05) is 25.4 Å². The Morgan fingerprint density at radius 1 is 0.631 bits per heavy atom. The molecule has 0 bridgehead atoms. The number of carboxylic acids is 2. The highest BCUT2D eigenvalue weighted by Crippen LogP contribution is 2.18. The van der Waals surface area contributed by atoms with E-state index in [2.05, 4.69) is 49.8 Å². The summed E-state index contributed by atoms with van der Waals surface area (Å²) in [6.45, 7) is 8.93. The average Bonchev–Trinajstić information content (AvgIpc) is 3.72. The van der Waals surface area contributed by atoms with Crippen LogP contribution >= 0.6 is 12.6 Å². The zero-order chi connectivity index (χ0) is 49.7. The van der Waals surface area contributed by atoms with Crippen LogP contribution in [0.5, 0.6) is 0 Å². The minimum atomic E-state index is -1.71.